The number of benzene rings is 1. The molecule has 1 atom stereocenters. The van der Waals surface area contributed by atoms with Gasteiger partial charge in [-0.05, 0) is 31.7 Å². The van der Waals surface area contributed by atoms with E-state index in [1.54, 1.807) is 0 Å². The van der Waals surface area contributed by atoms with Crippen LogP contribution in [0.2, 0.25) is 0 Å². The number of amides is 1. The van der Waals surface area contributed by atoms with Crippen molar-refractivity contribution in [3.05, 3.63) is 29.8 Å². The van der Waals surface area contributed by atoms with Crippen molar-refractivity contribution in [2.75, 3.05) is 38.5 Å². The first-order valence-corrected chi connectivity index (χ1v) is 7.10. The monoisotopic (exact) mass is 276 g/mol. The minimum atomic E-state index is 0.0379. The molecule has 1 fully saturated rings. The molecule has 3 N–H and O–H groups in total. The zero-order valence-corrected chi connectivity index (χ0v) is 12.3. The van der Waals surface area contributed by atoms with E-state index in [4.69, 9.17) is 5.73 Å². The van der Waals surface area contributed by atoms with Crippen LogP contribution in [0.3, 0.4) is 0 Å². The summed E-state index contributed by atoms with van der Waals surface area (Å²) in [6.45, 7) is 6.01. The molecule has 1 aliphatic rings. The van der Waals surface area contributed by atoms with Crippen LogP contribution in [0.25, 0.3) is 0 Å². The van der Waals surface area contributed by atoms with Crippen molar-refractivity contribution in [3.8, 4) is 0 Å². The Bertz CT molecular complexity index is 463. The molecule has 1 aromatic rings. The number of nitrogens with zero attached hydrogens (tertiary/aromatic N) is 2. The predicted octanol–water partition coefficient (Wildman–Crippen LogP) is 0.720. The molecule has 2 rings (SSSR count). The number of rotatable bonds is 4. The quantitative estimate of drug-likeness (QED) is 0.850. The van der Waals surface area contributed by atoms with E-state index in [2.05, 4.69) is 29.1 Å². The van der Waals surface area contributed by atoms with E-state index < -0.39 is 0 Å². The number of piperazine rings is 1. The number of hydrogen-bond acceptors (Lipinski definition) is 4. The van der Waals surface area contributed by atoms with Crippen LogP contribution in [0, 0.1) is 0 Å². The third-order valence-corrected chi connectivity index (χ3v) is 3.86. The van der Waals surface area contributed by atoms with Crippen LogP contribution >= 0.6 is 0 Å². The van der Waals surface area contributed by atoms with Crippen LogP contribution in [-0.2, 0) is 11.3 Å². The van der Waals surface area contributed by atoms with Crippen molar-refractivity contribution in [2.45, 2.75) is 19.5 Å². The highest BCUT2D eigenvalue weighted by Crippen LogP contribution is 2.11. The van der Waals surface area contributed by atoms with E-state index in [0.29, 0.717) is 19.1 Å². The molecule has 1 unspecified atom stereocenters. The maximum Gasteiger partial charge on any atom is 0.238 e. The molecule has 1 saturated heterocycles. The number of nitrogens with one attached hydrogen (secondary N) is 1. The fourth-order valence-electron chi connectivity index (χ4n) is 2.45. The van der Waals surface area contributed by atoms with Gasteiger partial charge in [0.05, 0.1) is 6.54 Å². The largest absolute Gasteiger partial charge is 0.326 e. The molecule has 0 bridgehead atoms. The van der Waals surface area contributed by atoms with Crippen molar-refractivity contribution in [1.29, 1.82) is 0 Å². The third kappa shape index (κ3) is 4.03. The molecule has 1 amide bonds. The van der Waals surface area contributed by atoms with Gasteiger partial charge in [0.2, 0.25) is 5.91 Å². The Morgan fingerprint density at radius 3 is 2.95 bits per heavy atom. The maximum atomic E-state index is 12.1. The Kier molecular flexibility index (Phi) is 5.11. The van der Waals surface area contributed by atoms with Crippen LogP contribution < -0.4 is 11.1 Å². The van der Waals surface area contributed by atoms with E-state index in [0.717, 1.165) is 30.9 Å². The molecule has 0 saturated carbocycles. The Labute approximate surface area is 120 Å². The lowest BCUT2D eigenvalue weighted by Gasteiger charge is -2.37. The van der Waals surface area contributed by atoms with E-state index in [9.17, 15) is 4.79 Å². The minimum Gasteiger partial charge on any atom is -0.326 e. The van der Waals surface area contributed by atoms with Crippen molar-refractivity contribution < 1.29 is 4.79 Å². The lowest BCUT2D eigenvalue weighted by molar-refractivity contribution is -0.117. The molecule has 1 aromatic carbocycles. The predicted molar refractivity (Wildman–Crippen MR) is 81.5 cm³/mol. The SMILES string of the molecule is CC1CN(CC(=O)Nc2cccc(CN)c2)CCN1C. The molecule has 0 aliphatic carbocycles. The average Bonchev–Trinajstić information content (AvgIpc) is 2.43. The van der Waals surface area contributed by atoms with Crippen LogP contribution in [0.5, 0.6) is 0 Å². The first-order valence-electron chi connectivity index (χ1n) is 7.10. The molecule has 1 aliphatic heterocycles. The highest BCUT2D eigenvalue weighted by Gasteiger charge is 2.22. The molecule has 0 radical (unpaired) electrons. The van der Waals surface area contributed by atoms with Gasteiger partial charge in [0.25, 0.3) is 0 Å². The lowest BCUT2D eigenvalue weighted by Crippen LogP contribution is -2.51. The molecule has 5 nitrogen and oxygen atoms in total. The minimum absolute atomic E-state index is 0.0379. The van der Waals surface area contributed by atoms with Crippen molar-refractivity contribution in [3.63, 3.8) is 0 Å². The molecule has 110 valence electrons. The Hall–Kier alpha value is -1.43. The first kappa shape index (κ1) is 15.0. The molecule has 0 aromatic heterocycles. The van der Waals surface area contributed by atoms with Gasteiger partial charge in [-0.3, -0.25) is 9.69 Å². The Morgan fingerprint density at radius 2 is 2.25 bits per heavy atom. The summed E-state index contributed by atoms with van der Waals surface area (Å²) < 4.78 is 0. The molecule has 20 heavy (non-hydrogen) atoms. The molecular formula is C15H24N4O. The van der Waals surface area contributed by atoms with Gasteiger partial charge in [-0.25, -0.2) is 0 Å². The van der Waals surface area contributed by atoms with E-state index in [-0.39, 0.29) is 5.91 Å². The molecule has 0 spiro atoms. The second-order valence-corrected chi connectivity index (χ2v) is 5.52. The van der Waals surface area contributed by atoms with Crippen molar-refractivity contribution in [2.24, 2.45) is 5.73 Å². The van der Waals surface area contributed by atoms with Gasteiger partial charge in [-0.1, -0.05) is 12.1 Å². The summed E-state index contributed by atoms with van der Waals surface area (Å²) >= 11 is 0. The maximum absolute atomic E-state index is 12.1. The number of anilines is 1. The summed E-state index contributed by atoms with van der Waals surface area (Å²) in [4.78, 5) is 16.6. The third-order valence-electron chi connectivity index (χ3n) is 3.86. The Balaban J connectivity index is 1.86. The van der Waals surface area contributed by atoms with E-state index in [1.165, 1.54) is 0 Å². The number of likely N-dealkylation sites (N-methyl/N-ethyl adjacent to an activating group) is 1. The van der Waals surface area contributed by atoms with E-state index >= 15 is 0 Å². The van der Waals surface area contributed by atoms with Crippen LogP contribution in [0.4, 0.5) is 5.69 Å². The first-order chi connectivity index (χ1) is 9.58. The molecular weight excluding hydrogens is 252 g/mol. The average molecular weight is 276 g/mol. The highest BCUT2D eigenvalue weighted by atomic mass is 16.2. The topological polar surface area (TPSA) is 61.6 Å². The highest BCUT2D eigenvalue weighted by molar-refractivity contribution is 5.92. The van der Waals surface area contributed by atoms with Crippen molar-refractivity contribution >= 4 is 11.6 Å². The second-order valence-electron chi connectivity index (χ2n) is 5.52. The fourth-order valence-corrected chi connectivity index (χ4v) is 2.45. The summed E-state index contributed by atoms with van der Waals surface area (Å²) in [6, 6.07) is 8.18. The normalized spacial score (nSPS) is 20.9. The Morgan fingerprint density at radius 1 is 1.45 bits per heavy atom. The number of carbonyl (C=O) groups excluding carboxylic acids is 1. The van der Waals surface area contributed by atoms with Gasteiger partial charge in [0.1, 0.15) is 0 Å². The zero-order chi connectivity index (χ0) is 14.5. The molecule has 5 heteroatoms. The standard InChI is InChI=1S/C15H24N4O/c1-12-10-19(7-6-18(12)2)11-15(20)17-14-5-3-4-13(8-14)9-16/h3-5,8,12H,6-7,9-11,16H2,1-2H3,(H,17,20). The van der Waals surface area contributed by atoms with Gasteiger partial charge >= 0.3 is 0 Å². The number of nitrogens with two attached hydrogens (primary N) is 1. The number of carbonyl (C=O) groups is 1. The van der Waals surface area contributed by atoms with Gasteiger partial charge < -0.3 is 16.0 Å². The molecule has 1 heterocycles. The van der Waals surface area contributed by atoms with Gasteiger partial charge in [-0.2, -0.15) is 0 Å². The van der Waals surface area contributed by atoms with Gasteiger partial charge in [-0.15, -0.1) is 0 Å². The summed E-state index contributed by atoms with van der Waals surface area (Å²) in [5.41, 5.74) is 7.45. The van der Waals surface area contributed by atoms with Gasteiger partial charge in [0, 0.05) is 37.9 Å². The summed E-state index contributed by atoms with van der Waals surface area (Å²) in [5.74, 6) is 0.0379. The van der Waals surface area contributed by atoms with Crippen LogP contribution in [-0.4, -0.2) is 55.0 Å². The smallest absolute Gasteiger partial charge is 0.238 e. The van der Waals surface area contributed by atoms with Crippen LogP contribution in [0.15, 0.2) is 24.3 Å². The summed E-state index contributed by atoms with van der Waals surface area (Å²) in [7, 11) is 2.13. The second kappa shape index (κ2) is 6.83. The van der Waals surface area contributed by atoms with Gasteiger partial charge in [0.15, 0.2) is 0 Å². The lowest BCUT2D eigenvalue weighted by atomic mass is 10.2. The fraction of sp³-hybridized carbons (Fsp3) is 0.533. The van der Waals surface area contributed by atoms with Crippen LogP contribution in [0.1, 0.15) is 12.5 Å². The zero-order valence-electron chi connectivity index (χ0n) is 12.3. The number of hydrogen-bond donors (Lipinski definition) is 2. The summed E-state index contributed by atoms with van der Waals surface area (Å²) in [6.07, 6.45) is 0. The van der Waals surface area contributed by atoms with E-state index in [1.807, 2.05) is 24.3 Å². The summed E-state index contributed by atoms with van der Waals surface area (Å²) in [5, 5.41) is 2.94. The van der Waals surface area contributed by atoms with Crippen molar-refractivity contribution in [1.82, 2.24) is 9.80 Å².